The highest BCUT2D eigenvalue weighted by Crippen LogP contribution is 2.17. The van der Waals surface area contributed by atoms with Gasteiger partial charge in [-0.3, -0.25) is 14.9 Å². The lowest BCUT2D eigenvalue weighted by Gasteiger charge is -2.05. The molecule has 0 bridgehead atoms. The second kappa shape index (κ2) is 7.32. The molecule has 0 saturated heterocycles. The molecule has 1 aromatic heterocycles. The van der Waals surface area contributed by atoms with E-state index in [0.717, 1.165) is 4.88 Å². The first kappa shape index (κ1) is 15.6. The molecule has 0 aliphatic carbocycles. The predicted molar refractivity (Wildman–Crippen MR) is 83.3 cm³/mol. The minimum Gasteiger partial charge on any atom is -0.484 e. The van der Waals surface area contributed by atoms with Gasteiger partial charge in [0.2, 0.25) is 0 Å². The van der Waals surface area contributed by atoms with Gasteiger partial charge in [0.25, 0.3) is 11.6 Å². The quantitative estimate of drug-likeness (QED) is 0.503. The van der Waals surface area contributed by atoms with E-state index in [9.17, 15) is 14.9 Å². The van der Waals surface area contributed by atoms with Gasteiger partial charge in [-0.2, -0.15) is 5.10 Å². The average Bonchev–Trinajstić information content (AvgIpc) is 3.05. The van der Waals surface area contributed by atoms with Gasteiger partial charge in [-0.1, -0.05) is 6.07 Å². The molecule has 0 saturated carbocycles. The summed E-state index contributed by atoms with van der Waals surface area (Å²) in [5, 5.41) is 16.4. The maximum Gasteiger partial charge on any atom is 0.277 e. The van der Waals surface area contributed by atoms with Crippen LogP contribution >= 0.6 is 11.3 Å². The molecule has 0 fully saturated rings. The van der Waals surface area contributed by atoms with Crippen LogP contribution in [-0.2, 0) is 4.79 Å². The van der Waals surface area contributed by atoms with Gasteiger partial charge in [-0.25, -0.2) is 5.43 Å². The van der Waals surface area contributed by atoms with E-state index in [-0.39, 0.29) is 12.3 Å². The molecule has 2 aromatic rings. The van der Waals surface area contributed by atoms with Gasteiger partial charge in [0.15, 0.2) is 6.61 Å². The Bertz CT molecular complexity index is 681. The number of hydrogen-bond donors (Lipinski definition) is 1. The minimum atomic E-state index is -0.501. The van der Waals surface area contributed by atoms with E-state index in [0.29, 0.717) is 11.5 Å². The van der Waals surface area contributed by atoms with Gasteiger partial charge in [-0.05, 0) is 30.5 Å². The summed E-state index contributed by atoms with van der Waals surface area (Å²) >= 11 is 1.53. The normalized spacial score (nSPS) is 11.0. The molecule has 1 amide bonds. The van der Waals surface area contributed by atoms with E-state index in [1.54, 1.807) is 6.92 Å². The van der Waals surface area contributed by atoms with Crippen molar-refractivity contribution in [3.63, 3.8) is 0 Å². The van der Waals surface area contributed by atoms with Crippen LogP contribution in [0, 0.1) is 10.1 Å². The van der Waals surface area contributed by atoms with Gasteiger partial charge in [0, 0.05) is 17.0 Å². The standard InChI is InChI=1S/C14H13N3O4S/c1-10(13-3-2-8-22-13)15-16-14(18)9-21-12-6-4-11(5-7-12)17(19)20/h2-8H,9H2,1H3,(H,16,18)/b15-10+. The van der Waals surface area contributed by atoms with Crippen LogP contribution in [0.15, 0.2) is 46.9 Å². The van der Waals surface area contributed by atoms with Crippen molar-refractivity contribution in [3.05, 3.63) is 56.8 Å². The van der Waals surface area contributed by atoms with Crippen LogP contribution in [0.4, 0.5) is 5.69 Å². The van der Waals surface area contributed by atoms with Crippen LogP contribution in [0.25, 0.3) is 0 Å². The van der Waals surface area contributed by atoms with E-state index >= 15 is 0 Å². The molecule has 0 unspecified atom stereocenters. The minimum absolute atomic E-state index is 0.0343. The third-order valence-corrected chi connectivity index (χ3v) is 3.62. The zero-order valence-corrected chi connectivity index (χ0v) is 12.5. The van der Waals surface area contributed by atoms with Crippen molar-refractivity contribution in [1.29, 1.82) is 0 Å². The summed E-state index contributed by atoms with van der Waals surface area (Å²) in [4.78, 5) is 22.6. The first-order valence-corrected chi connectivity index (χ1v) is 7.18. The number of carbonyl (C=O) groups excluding carboxylic acids is 1. The molecule has 22 heavy (non-hydrogen) atoms. The fourth-order valence-electron chi connectivity index (χ4n) is 1.53. The average molecular weight is 319 g/mol. The number of hydrazone groups is 1. The Balaban J connectivity index is 1.82. The van der Waals surface area contributed by atoms with Crippen LogP contribution < -0.4 is 10.2 Å². The van der Waals surface area contributed by atoms with Crippen molar-refractivity contribution in [2.45, 2.75) is 6.92 Å². The summed E-state index contributed by atoms with van der Waals surface area (Å²) in [7, 11) is 0. The van der Waals surface area contributed by atoms with Crippen LogP contribution in [0.2, 0.25) is 0 Å². The van der Waals surface area contributed by atoms with Crippen LogP contribution in [0.1, 0.15) is 11.8 Å². The van der Waals surface area contributed by atoms with Crippen LogP contribution in [-0.4, -0.2) is 23.1 Å². The van der Waals surface area contributed by atoms with E-state index in [1.807, 2.05) is 17.5 Å². The fourth-order valence-corrected chi connectivity index (χ4v) is 2.21. The number of amides is 1. The topological polar surface area (TPSA) is 93.8 Å². The van der Waals surface area contributed by atoms with E-state index in [4.69, 9.17) is 4.74 Å². The molecule has 1 N–H and O–H groups in total. The molecule has 0 aliphatic rings. The van der Waals surface area contributed by atoms with E-state index in [2.05, 4.69) is 10.5 Å². The Morgan fingerprint density at radius 2 is 2.09 bits per heavy atom. The highest BCUT2D eigenvalue weighted by Gasteiger charge is 2.06. The van der Waals surface area contributed by atoms with E-state index < -0.39 is 10.8 Å². The number of nitrogens with one attached hydrogen (secondary N) is 1. The SMILES string of the molecule is C/C(=N\NC(=O)COc1ccc([N+](=O)[O-])cc1)c1cccs1. The van der Waals surface area contributed by atoms with Gasteiger partial charge < -0.3 is 4.74 Å². The molecular weight excluding hydrogens is 306 g/mol. The monoisotopic (exact) mass is 319 g/mol. The lowest BCUT2D eigenvalue weighted by molar-refractivity contribution is -0.384. The molecule has 0 aliphatic heterocycles. The van der Waals surface area contributed by atoms with Crippen molar-refractivity contribution in [1.82, 2.24) is 5.43 Å². The molecular formula is C14H13N3O4S. The number of rotatable bonds is 6. The Morgan fingerprint density at radius 1 is 1.36 bits per heavy atom. The smallest absolute Gasteiger partial charge is 0.277 e. The van der Waals surface area contributed by atoms with Crippen molar-refractivity contribution in [2.75, 3.05) is 6.61 Å². The number of non-ortho nitro benzene ring substituents is 1. The summed E-state index contributed by atoms with van der Waals surface area (Å²) in [6, 6.07) is 9.30. The molecule has 7 nitrogen and oxygen atoms in total. The molecule has 8 heteroatoms. The highest BCUT2D eigenvalue weighted by atomic mass is 32.1. The molecule has 0 atom stereocenters. The van der Waals surface area contributed by atoms with Gasteiger partial charge >= 0.3 is 0 Å². The number of nitro benzene ring substituents is 1. The molecule has 2 rings (SSSR count). The summed E-state index contributed by atoms with van der Waals surface area (Å²) in [6.45, 7) is 1.57. The van der Waals surface area contributed by atoms with Gasteiger partial charge in [0.05, 0.1) is 10.6 Å². The first-order valence-electron chi connectivity index (χ1n) is 6.30. The maximum absolute atomic E-state index is 11.6. The molecule has 1 aromatic carbocycles. The molecule has 1 heterocycles. The van der Waals surface area contributed by atoms with Gasteiger partial charge in [0.1, 0.15) is 5.75 Å². The number of carbonyl (C=O) groups is 1. The Hall–Kier alpha value is -2.74. The number of benzene rings is 1. The van der Waals surface area contributed by atoms with Crippen molar-refractivity contribution in [3.8, 4) is 5.75 Å². The Kier molecular flexibility index (Phi) is 5.21. The molecule has 0 radical (unpaired) electrons. The van der Waals surface area contributed by atoms with Gasteiger partial charge in [-0.15, -0.1) is 11.3 Å². The van der Waals surface area contributed by atoms with Crippen molar-refractivity contribution in [2.24, 2.45) is 5.10 Å². The third-order valence-electron chi connectivity index (χ3n) is 2.64. The zero-order valence-electron chi connectivity index (χ0n) is 11.7. The Labute approximate surface area is 130 Å². The number of hydrogen-bond acceptors (Lipinski definition) is 6. The highest BCUT2D eigenvalue weighted by molar-refractivity contribution is 7.12. The maximum atomic E-state index is 11.6. The summed E-state index contributed by atoms with van der Waals surface area (Å²) in [6.07, 6.45) is 0. The van der Waals surface area contributed by atoms with E-state index in [1.165, 1.54) is 35.6 Å². The zero-order chi connectivity index (χ0) is 15.9. The summed E-state index contributed by atoms with van der Waals surface area (Å²) in [5.41, 5.74) is 3.07. The fraction of sp³-hybridized carbons (Fsp3) is 0.143. The van der Waals surface area contributed by atoms with Crippen molar-refractivity contribution < 1.29 is 14.5 Å². The summed E-state index contributed by atoms with van der Waals surface area (Å²) in [5.74, 6) is -0.0334. The summed E-state index contributed by atoms with van der Waals surface area (Å²) < 4.78 is 5.22. The Morgan fingerprint density at radius 3 is 2.68 bits per heavy atom. The largest absolute Gasteiger partial charge is 0.484 e. The van der Waals surface area contributed by atoms with Crippen LogP contribution in [0.3, 0.4) is 0 Å². The molecule has 0 spiro atoms. The van der Waals surface area contributed by atoms with Crippen LogP contribution in [0.5, 0.6) is 5.75 Å². The number of ether oxygens (including phenoxy) is 1. The lowest BCUT2D eigenvalue weighted by Crippen LogP contribution is -2.25. The lowest BCUT2D eigenvalue weighted by atomic mass is 10.3. The third kappa shape index (κ3) is 4.38. The number of nitrogens with zero attached hydrogens (tertiary/aromatic N) is 2. The predicted octanol–water partition coefficient (Wildman–Crippen LogP) is 2.58. The number of nitro groups is 1. The second-order valence-corrected chi connectivity index (χ2v) is 5.20. The van der Waals surface area contributed by atoms with Crippen molar-refractivity contribution >= 4 is 28.6 Å². The molecule has 114 valence electrons. The number of thiophene rings is 1. The second-order valence-electron chi connectivity index (χ2n) is 4.25. The first-order chi connectivity index (χ1) is 10.6.